The molecule has 2 aromatic heterocycles. The van der Waals surface area contributed by atoms with Gasteiger partial charge in [-0.15, -0.1) is 11.6 Å². The first kappa shape index (κ1) is 15.8. The lowest BCUT2D eigenvalue weighted by Crippen LogP contribution is -2.29. The van der Waals surface area contributed by atoms with E-state index in [0.29, 0.717) is 19.0 Å². The number of methoxy groups -OCH3 is 1. The van der Waals surface area contributed by atoms with Gasteiger partial charge >= 0.3 is 6.18 Å². The maximum Gasteiger partial charge on any atom is 0.435 e. The van der Waals surface area contributed by atoms with E-state index in [4.69, 9.17) is 16.3 Å². The molecule has 0 N–H and O–H groups in total. The van der Waals surface area contributed by atoms with E-state index in [1.54, 1.807) is 11.9 Å². The summed E-state index contributed by atoms with van der Waals surface area (Å²) in [5.41, 5.74) is -0.682. The maximum atomic E-state index is 12.7. The second kappa shape index (κ2) is 6.07. The summed E-state index contributed by atoms with van der Waals surface area (Å²) < 4.78 is 44.3. The van der Waals surface area contributed by atoms with Crippen LogP contribution in [0.15, 0.2) is 18.5 Å². The van der Waals surface area contributed by atoms with Crippen molar-refractivity contribution in [2.45, 2.75) is 11.6 Å². The summed E-state index contributed by atoms with van der Waals surface area (Å²) in [6.07, 6.45) is -1.73. The maximum absolute atomic E-state index is 12.7. The molecular formula is C12H14ClF3N4O. The molecular weight excluding hydrogens is 309 g/mol. The van der Waals surface area contributed by atoms with Crippen molar-refractivity contribution in [3.63, 3.8) is 0 Å². The predicted molar refractivity (Wildman–Crippen MR) is 72.8 cm³/mol. The lowest BCUT2D eigenvalue weighted by molar-refractivity contribution is -0.141. The van der Waals surface area contributed by atoms with Crippen LogP contribution in [0.3, 0.4) is 0 Å². The first-order valence-corrected chi connectivity index (χ1v) is 6.52. The van der Waals surface area contributed by atoms with E-state index >= 15 is 0 Å². The summed E-state index contributed by atoms with van der Waals surface area (Å²) in [5, 5.41) is 3.21. The number of rotatable bonds is 5. The minimum atomic E-state index is -4.49. The number of ether oxygens (including phenoxy) is 1. The zero-order chi connectivity index (χ0) is 15.6. The van der Waals surface area contributed by atoms with Gasteiger partial charge in [-0.25, -0.2) is 9.50 Å². The van der Waals surface area contributed by atoms with Crippen molar-refractivity contribution in [1.82, 2.24) is 14.6 Å². The van der Waals surface area contributed by atoms with E-state index in [0.717, 1.165) is 10.6 Å². The molecule has 0 aliphatic heterocycles. The van der Waals surface area contributed by atoms with E-state index in [1.165, 1.54) is 19.5 Å². The SMILES string of the molecule is COCC(Cl)CN(C)c1nccn2nc(C(F)(F)F)cc12. The van der Waals surface area contributed by atoms with Crippen LogP contribution in [-0.2, 0) is 10.9 Å². The van der Waals surface area contributed by atoms with Crippen molar-refractivity contribution < 1.29 is 17.9 Å². The van der Waals surface area contributed by atoms with Gasteiger partial charge in [-0.05, 0) is 0 Å². The lowest BCUT2D eigenvalue weighted by Gasteiger charge is -2.21. The van der Waals surface area contributed by atoms with Crippen LogP contribution < -0.4 is 4.90 Å². The zero-order valence-corrected chi connectivity index (χ0v) is 12.2. The fourth-order valence-corrected chi connectivity index (χ4v) is 2.29. The number of alkyl halides is 4. The summed E-state index contributed by atoms with van der Waals surface area (Å²) in [6.45, 7) is 0.719. The second-order valence-electron chi connectivity index (χ2n) is 4.54. The molecule has 0 radical (unpaired) electrons. The van der Waals surface area contributed by atoms with Crippen LogP contribution in [0.1, 0.15) is 5.69 Å². The van der Waals surface area contributed by atoms with Crippen LogP contribution in [0.4, 0.5) is 19.0 Å². The van der Waals surface area contributed by atoms with Gasteiger partial charge in [0.05, 0.1) is 12.0 Å². The lowest BCUT2D eigenvalue weighted by atomic mass is 10.3. The Morgan fingerprint density at radius 3 is 2.81 bits per heavy atom. The molecule has 116 valence electrons. The molecule has 0 spiro atoms. The molecule has 1 unspecified atom stereocenters. The van der Waals surface area contributed by atoms with Crippen molar-refractivity contribution in [2.75, 3.05) is 32.2 Å². The molecule has 2 aromatic rings. The van der Waals surface area contributed by atoms with Gasteiger partial charge in [0, 0.05) is 39.2 Å². The Bertz CT molecular complexity index is 616. The van der Waals surface area contributed by atoms with Crippen molar-refractivity contribution in [2.24, 2.45) is 0 Å². The number of halogens is 4. The molecule has 2 rings (SSSR count). The quantitative estimate of drug-likeness (QED) is 0.793. The third-order valence-electron chi connectivity index (χ3n) is 2.84. The molecule has 0 fully saturated rings. The van der Waals surface area contributed by atoms with Crippen LogP contribution in [0, 0.1) is 0 Å². The number of anilines is 1. The van der Waals surface area contributed by atoms with Crippen molar-refractivity contribution in [3.05, 3.63) is 24.2 Å². The largest absolute Gasteiger partial charge is 0.435 e. The highest BCUT2D eigenvalue weighted by Gasteiger charge is 2.34. The molecule has 0 aliphatic carbocycles. The van der Waals surface area contributed by atoms with Gasteiger partial charge < -0.3 is 9.64 Å². The molecule has 2 heterocycles. The van der Waals surface area contributed by atoms with Gasteiger partial charge in [0.2, 0.25) is 0 Å². The minimum absolute atomic E-state index is 0.272. The highest BCUT2D eigenvalue weighted by Crippen LogP contribution is 2.30. The average Bonchev–Trinajstić information content (AvgIpc) is 2.82. The number of hydrogen-bond acceptors (Lipinski definition) is 4. The third-order valence-corrected chi connectivity index (χ3v) is 3.11. The minimum Gasteiger partial charge on any atom is -0.383 e. The molecule has 0 saturated carbocycles. The monoisotopic (exact) mass is 322 g/mol. The summed E-state index contributed by atoms with van der Waals surface area (Å²) in [4.78, 5) is 5.79. The predicted octanol–water partition coefficient (Wildman–Crippen LogP) is 2.44. The number of fused-ring (bicyclic) bond motifs is 1. The fourth-order valence-electron chi connectivity index (χ4n) is 1.96. The molecule has 21 heavy (non-hydrogen) atoms. The standard InChI is InChI=1S/C12H14ClF3N4O/c1-19(6-8(13)7-21-2)11-9-5-10(12(14,15)16)18-20(9)4-3-17-11/h3-5,8H,6-7H2,1-2H3. The molecule has 1 atom stereocenters. The van der Waals surface area contributed by atoms with E-state index < -0.39 is 11.9 Å². The molecule has 0 bridgehead atoms. The van der Waals surface area contributed by atoms with Gasteiger partial charge in [0.15, 0.2) is 11.5 Å². The fraction of sp³-hybridized carbons (Fsp3) is 0.500. The summed E-state index contributed by atoms with van der Waals surface area (Å²) in [7, 11) is 3.23. The van der Waals surface area contributed by atoms with Gasteiger partial charge in [-0.2, -0.15) is 18.3 Å². The van der Waals surface area contributed by atoms with Crippen molar-refractivity contribution in [1.29, 1.82) is 0 Å². The van der Waals surface area contributed by atoms with Crippen LogP contribution in [0.2, 0.25) is 0 Å². The first-order valence-electron chi connectivity index (χ1n) is 6.08. The molecule has 5 nitrogen and oxygen atoms in total. The normalized spacial score (nSPS) is 13.6. The Balaban J connectivity index is 2.33. The topological polar surface area (TPSA) is 42.7 Å². The number of aromatic nitrogens is 3. The zero-order valence-electron chi connectivity index (χ0n) is 11.4. The summed E-state index contributed by atoms with van der Waals surface area (Å²) >= 11 is 6.06. The van der Waals surface area contributed by atoms with E-state index in [1.807, 2.05) is 0 Å². The Kier molecular flexibility index (Phi) is 4.58. The average molecular weight is 323 g/mol. The van der Waals surface area contributed by atoms with E-state index in [9.17, 15) is 13.2 Å². The van der Waals surface area contributed by atoms with Crippen molar-refractivity contribution >= 4 is 22.9 Å². The highest BCUT2D eigenvalue weighted by atomic mass is 35.5. The van der Waals surface area contributed by atoms with Crippen LogP contribution >= 0.6 is 11.6 Å². The Hall–Kier alpha value is -1.54. The van der Waals surface area contributed by atoms with Crippen LogP contribution in [0.5, 0.6) is 0 Å². The Morgan fingerprint density at radius 2 is 2.19 bits per heavy atom. The van der Waals surface area contributed by atoms with Gasteiger partial charge in [-0.1, -0.05) is 0 Å². The van der Waals surface area contributed by atoms with E-state index in [-0.39, 0.29) is 10.9 Å². The molecule has 9 heteroatoms. The Labute approximate surface area is 124 Å². The van der Waals surface area contributed by atoms with Crippen LogP contribution in [-0.4, -0.2) is 47.3 Å². The van der Waals surface area contributed by atoms with Crippen LogP contribution in [0.25, 0.3) is 5.52 Å². The molecule has 0 saturated heterocycles. The summed E-state index contributed by atoms with van der Waals surface area (Å²) in [6, 6.07) is 0.971. The van der Waals surface area contributed by atoms with Gasteiger partial charge in [0.1, 0.15) is 5.52 Å². The number of hydrogen-bond donors (Lipinski definition) is 0. The molecule has 0 aromatic carbocycles. The van der Waals surface area contributed by atoms with Gasteiger partial charge in [0.25, 0.3) is 0 Å². The first-order chi connectivity index (χ1) is 9.82. The number of nitrogens with zero attached hydrogens (tertiary/aromatic N) is 4. The van der Waals surface area contributed by atoms with Gasteiger partial charge in [-0.3, -0.25) is 0 Å². The van der Waals surface area contributed by atoms with E-state index in [2.05, 4.69) is 10.1 Å². The smallest absolute Gasteiger partial charge is 0.383 e. The third kappa shape index (κ3) is 3.56. The summed E-state index contributed by atoms with van der Waals surface area (Å²) in [5.74, 6) is 0.377. The van der Waals surface area contributed by atoms with Crippen molar-refractivity contribution in [3.8, 4) is 0 Å². The Morgan fingerprint density at radius 1 is 1.48 bits per heavy atom. The molecule has 0 amide bonds. The molecule has 0 aliphatic rings. The second-order valence-corrected chi connectivity index (χ2v) is 5.16. The highest BCUT2D eigenvalue weighted by molar-refractivity contribution is 6.21.